The number of carbonyl (C=O) groups is 1. The predicted molar refractivity (Wildman–Crippen MR) is 78.4 cm³/mol. The van der Waals surface area contributed by atoms with E-state index in [4.69, 9.17) is 0 Å². The highest BCUT2D eigenvalue weighted by Crippen LogP contribution is 2.36. The molecule has 0 atom stereocenters. The van der Waals surface area contributed by atoms with Crippen molar-refractivity contribution in [2.75, 3.05) is 5.32 Å². The molecule has 0 spiro atoms. The van der Waals surface area contributed by atoms with Gasteiger partial charge in [-0.1, -0.05) is 0 Å². The summed E-state index contributed by atoms with van der Waals surface area (Å²) in [6.45, 7) is 0. The first kappa shape index (κ1) is 16.4. The number of halogens is 4. The molecule has 0 bridgehead atoms. The second kappa shape index (κ2) is 6.18. The van der Waals surface area contributed by atoms with Crippen molar-refractivity contribution in [1.29, 1.82) is 0 Å². The van der Waals surface area contributed by atoms with Crippen LogP contribution in [0.4, 0.5) is 23.2 Å². The molecule has 24 heavy (non-hydrogen) atoms. The van der Waals surface area contributed by atoms with E-state index in [1.54, 1.807) is 0 Å². The summed E-state index contributed by atoms with van der Waals surface area (Å²) in [4.78, 5) is 18.9. The summed E-state index contributed by atoms with van der Waals surface area (Å²) in [5.41, 5.74) is -1.57. The minimum Gasteiger partial charge on any atom is -0.324 e. The summed E-state index contributed by atoms with van der Waals surface area (Å²) in [5.74, 6) is -0.889. The molecule has 1 aliphatic rings. The Bertz CT molecular complexity index is 772. The third-order valence-electron chi connectivity index (χ3n) is 3.61. The van der Waals surface area contributed by atoms with Crippen molar-refractivity contribution in [3.8, 4) is 11.3 Å². The van der Waals surface area contributed by atoms with Gasteiger partial charge in [-0.3, -0.25) is 9.78 Å². The fraction of sp³-hybridized carbons (Fsp3) is 0.312. The Balaban J connectivity index is 1.93. The molecule has 3 rings (SSSR count). The third-order valence-corrected chi connectivity index (χ3v) is 3.61. The lowest BCUT2D eigenvalue weighted by Crippen LogP contribution is -2.18. The molecule has 0 aromatic carbocycles. The molecule has 0 aliphatic heterocycles. The standard InChI is InChI=1S/C16H13F4N3O/c17-11-6-10(7-21-8-11)12-3-4-13(15(23-12)16(18,19)20)22-14(24)5-9-1-2-9/h3-4,6-9H,1-2,5H2,(H,22,24). The molecule has 2 aromatic rings. The van der Waals surface area contributed by atoms with Crippen LogP contribution in [0.2, 0.25) is 0 Å². The molecular formula is C16H13F4N3O. The number of nitrogens with one attached hydrogen (secondary N) is 1. The average molecular weight is 339 g/mol. The van der Waals surface area contributed by atoms with Crippen molar-refractivity contribution in [3.05, 3.63) is 42.1 Å². The molecule has 2 heterocycles. The first-order valence-electron chi connectivity index (χ1n) is 7.32. The molecule has 0 unspecified atom stereocenters. The van der Waals surface area contributed by atoms with Crippen LogP contribution in [-0.2, 0) is 11.0 Å². The zero-order chi connectivity index (χ0) is 17.3. The average Bonchev–Trinajstić information content (AvgIpc) is 3.30. The van der Waals surface area contributed by atoms with Crippen LogP contribution < -0.4 is 5.32 Å². The van der Waals surface area contributed by atoms with E-state index < -0.39 is 29.3 Å². The first-order valence-corrected chi connectivity index (χ1v) is 7.32. The Hall–Kier alpha value is -2.51. The Morgan fingerprint density at radius 3 is 2.62 bits per heavy atom. The number of aromatic nitrogens is 2. The van der Waals surface area contributed by atoms with E-state index in [0.717, 1.165) is 31.2 Å². The lowest BCUT2D eigenvalue weighted by molar-refractivity contribution is -0.140. The van der Waals surface area contributed by atoms with Gasteiger partial charge in [0.25, 0.3) is 0 Å². The summed E-state index contributed by atoms with van der Waals surface area (Å²) in [6, 6.07) is 3.46. The Kier molecular flexibility index (Phi) is 4.21. The van der Waals surface area contributed by atoms with Crippen LogP contribution in [0.25, 0.3) is 11.3 Å². The molecule has 0 saturated heterocycles. The van der Waals surface area contributed by atoms with Crippen LogP contribution in [0.15, 0.2) is 30.6 Å². The maximum absolute atomic E-state index is 13.2. The van der Waals surface area contributed by atoms with Crippen LogP contribution >= 0.6 is 0 Å². The number of alkyl halides is 3. The first-order chi connectivity index (χ1) is 11.3. The van der Waals surface area contributed by atoms with Gasteiger partial charge in [-0.15, -0.1) is 0 Å². The van der Waals surface area contributed by atoms with Gasteiger partial charge in [0.15, 0.2) is 5.69 Å². The zero-order valence-corrected chi connectivity index (χ0v) is 12.4. The Morgan fingerprint density at radius 2 is 2.00 bits per heavy atom. The van der Waals surface area contributed by atoms with E-state index in [9.17, 15) is 22.4 Å². The lowest BCUT2D eigenvalue weighted by Gasteiger charge is -2.14. The number of carbonyl (C=O) groups excluding carboxylic acids is 1. The van der Waals surface area contributed by atoms with Gasteiger partial charge in [0.05, 0.1) is 17.6 Å². The minimum atomic E-state index is -4.75. The maximum Gasteiger partial charge on any atom is 0.435 e. The van der Waals surface area contributed by atoms with Gasteiger partial charge in [0, 0.05) is 18.2 Å². The van der Waals surface area contributed by atoms with Gasteiger partial charge in [-0.2, -0.15) is 13.2 Å². The zero-order valence-electron chi connectivity index (χ0n) is 12.4. The van der Waals surface area contributed by atoms with Crippen LogP contribution in [0.1, 0.15) is 25.0 Å². The van der Waals surface area contributed by atoms with Crippen molar-refractivity contribution < 1.29 is 22.4 Å². The Labute approximate surface area is 134 Å². The molecule has 2 aromatic heterocycles. The smallest absolute Gasteiger partial charge is 0.324 e. The van der Waals surface area contributed by atoms with E-state index in [1.165, 1.54) is 12.3 Å². The highest BCUT2D eigenvalue weighted by molar-refractivity contribution is 5.91. The second-order valence-corrected chi connectivity index (χ2v) is 5.68. The highest BCUT2D eigenvalue weighted by Gasteiger charge is 2.37. The monoisotopic (exact) mass is 339 g/mol. The summed E-state index contributed by atoms with van der Waals surface area (Å²) in [6.07, 6.45) is -0.546. The number of amides is 1. The number of pyridine rings is 2. The highest BCUT2D eigenvalue weighted by atomic mass is 19.4. The summed E-state index contributed by atoms with van der Waals surface area (Å²) >= 11 is 0. The molecule has 8 heteroatoms. The summed E-state index contributed by atoms with van der Waals surface area (Å²) < 4.78 is 52.9. The molecule has 0 radical (unpaired) electrons. The van der Waals surface area contributed by atoms with Crippen LogP contribution in [0.5, 0.6) is 0 Å². The molecule has 126 valence electrons. The lowest BCUT2D eigenvalue weighted by atomic mass is 10.1. The van der Waals surface area contributed by atoms with E-state index in [2.05, 4.69) is 15.3 Å². The number of hydrogen-bond acceptors (Lipinski definition) is 3. The molecule has 1 N–H and O–H groups in total. The molecule has 1 saturated carbocycles. The van der Waals surface area contributed by atoms with Crippen molar-refractivity contribution >= 4 is 11.6 Å². The fourth-order valence-corrected chi connectivity index (χ4v) is 2.27. The number of hydrogen-bond donors (Lipinski definition) is 1. The van der Waals surface area contributed by atoms with Gasteiger partial charge < -0.3 is 5.32 Å². The number of anilines is 1. The van der Waals surface area contributed by atoms with E-state index in [0.29, 0.717) is 0 Å². The van der Waals surface area contributed by atoms with Gasteiger partial charge in [0.1, 0.15) is 5.82 Å². The number of rotatable bonds is 4. The van der Waals surface area contributed by atoms with E-state index >= 15 is 0 Å². The topological polar surface area (TPSA) is 54.9 Å². The van der Waals surface area contributed by atoms with E-state index in [1.807, 2.05) is 0 Å². The number of nitrogens with zero attached hydrogens (tertiary/aromatic N) is 2. The van der Waals surface area contributed by atoms with Crippen LogP contribution in [-0.4, -0.2) is 15.9 Å². The van der Waals surface area contributed by atoms with E-state index in [-0.39, 0.29) is 23.6 Å². The van der Waals surface area contributed by atoms with Gasteiger partial charge in [-0.25, -0.2) is 9.37 Å². The normalized spacial score (nSPS) is 14.5. The predicted octanol–water partition coefficient (Wildman–Crippen LogP) is 4.04. The molecule has 4 nitrogen and oxygen atoms in total. The van der Waals surface area contributed by atoms with Crippen LogP contribution in [0.3, 0.4) is 0 Å². The largest absolute Gasteiger partial charge is 0.435 e. The second-order valence-electron chi connectivity index (χ2n) is 5.68. The molecule has 1 fully saturated rings. The molecule has 1 aliphatic carbocycles. The minimum absolute atomic E-state index is 0.0745. The van der Waals surface area contributed by atoms with Crippen molar-refractivity contribution in [1.82, 2.24) is 9.97 Å². The SMILES string of the molecule is O=C(CC1CC1)Nc1ccc(-c2cncc(F)c2)nc1C(F)(F)F. The van der Waals surface area contributed by atoms with Gasteiger partial charge in [-0.05, 0) is 37.0 Å². The van der Waals surface area contributed by atoms with Crippen molar-refractivity contribution in [3.63, 3.8) is 0 Å². The van der Waals surface area contributed by atoms with Gasteiger partial charge in [0.2, 0.25) is 5.91 Å². The third kappa shape index (κ3) is 3.87. The maximum atomic E-state index is 13.2. The van der Waals surface area contributed by atoms with Crippen molar-refractivity contribution in [2.24, 2.45) is 5.92 Å². The quantitative estimate of drug-likeness (QED) is 0.856. The van der Waals surface area contributed by atoms with Gasteiger partial charge >= 0.3 is 6.18 Å². The van der Waals surface area contributed by atoms with Crippen LogP contribution in [0, 0.1) is 11.7 Å². The molecular weight excluding hydrogens is 326 g/mol. The summed E-state index contributed by atoms with van der Waals surface area (Å²) in [5, 5.41) is 2.27. The summed E-state index contributed by atoms with van der Waals surface area (Å²) in [7, 11) is 0. The Morgan fingerprint density at radius 1 is 1.25 bits per heavy atom. The molecule has 1 amide bonds. The van der Waals surface area contributed by atoms with Crippen molar-refractivity contribution in [2.45, 2.75) is 25.4 Å². The fourth-order valence-electron chi connectivity index (χ4n) is 2.27.